The van der Waals surface area contributed by atoms with Gasteiger partial charge in [0.15, 0.2) is 5.54 Å². The van der Waals surface area contributed by atoms with Crippen LogP contribution in [-0.2, 0) is 14.4 Å². The lowest BCUT2D eigenvalue weighted by molar-refractivity contribution is -0.154. The van der Waals surface area contributed by atoms with Crippen LogP contribution in [0.25, 0.3) is 0 Å². The molecule has 4 N–H and O–H groups in total. The predicted molar refractivity (Wildman–Crippen MR) is 52.9 cm³/mol. The van der Waals surface area contributed by atoms with E-state index in [-0.39, 0.29) is 6.42 Å². The number of carbonyl (C=O) groups excluding carboxylic acids is 1. The summed E-state index contributed by atoms with van der Waals surface area (Å²) in [5.41, 5.74) is -2.24. The summed E-state index contributed by atoms with van der Waals surface area (Å²) in [6, 6.07) is 0. The van der Waals surface area contributed by atoms with Crippen molar-refractivity contribution in [2.24, 2.45) is 17.8 Å². The second-order valence-electron chi connectivity index (χ2n) is 4.50. The standard InChI is InChI=1S/C10H13NO6/c1-3(12)11-10(9(16)17)5(13)2-4-6(7(4)10)8(14)15/h4-7,13H,2H2,1H3,(H,11,12)(H,14,15)(H,16,17)/t4-,5+,6-,7-,10-/m0/s1/i5D. The van der Waals surface area contributed by atoms with E-state index in [4.69, 9.17) is 6.48 Å². The Kier molecular flexibility index (Phi) is 2.12. The fraction of sp³-hybridized carbons (Fsp3) is 0.700. The minimum atomic E-state index is -2.40. The first kappa shape index (κ1) is 10.5. The van der Waals surface area contributed by atoms with Crippen LogP contribution >= 0.6 is 0 Å². The van der Waals surface area contributed by atoms with Crippen molar-refractivity contribution in [3.63, 3.8) is 0 Å². The predicted octanol–water partition coefficient (Wildman–Crippen LogP) is -1.34. The number of hydrogen-bond donors (Lipinski definition) is 4. The Morgan fingerprint density at radius 3 is 2.41 bits per heavy atom. The molecule has 94 valence electrons. The first-order valence-corrected chi connectivity index (χ1v) is 5.12. The normalized spacial score (nSPS) is 47.9. The molecule has 0 radical (unpaired) electrons. The van der Waals surface area contributed by atoms with Crippen molar-refractivity contribution in [2.75, 3.05) is 0 Å². The Labute approximate surface area is 97.8 Å². The number of nitrogens with one attached hydrogen (secondary N) is 1. The maximum Gasteiger partial charge on any atom is 0.332 e. The summed E-state index contributed by atoms with van der Waals surface area (Å²) in [5, 5.41) is 30.2. The van der Waals surface area contributed by atoms with Crippen LogP contribution in [0.1, 0.15) is 14.7 Å². The van der Waals surface area contributed by atoms with Gasteiger partial charge in [-0.3, -0.25) is 9.59 Å². The number of aliphatic hydroxyl groups is 1. The molecule has 2 fully saturated rings. The molecular weight excluding hydrogens is 230 g/mol. The summed E-state index contributed by atoms with van der Waals surface area (Å²) in [6.07, 6.45) is -2.67. The summed E-state index contributed by atoms with van der Waals surface area (Å²) in [5.74, 6) is -5.94. The lowest BCUT2D eigenvalue weighted by Gasteiger charge is -2.31. The molecule has 0 bridgehead atoms. The Morgan fingerprint density at radius 1 is 1.41 bits per heavy atom. The number of carboxylic acid groups (broad SMARTS) is 2. The van der Waals surface area contributed by atoms with Crippen LogP contribution in [0.15, 0.2) is 0 Å². The number of rotatable bonds is 3. The maximum atomic E-state index is 11.4. The smallest absolute Gasteiger partial charge is 0.332 e. The summed E-state index contributed by atoms with van der Waals surface area (Å²) < 4.78 is 7.67. The monoisotopic (exact) mass is 244 g/mol. The maximum absolute atomic E-state index is 11.4. The second-order valence-corrected chi connectivity index (χ2v) is 4.50. The third-order valence-corrected chi connectivity index (χ3v) is 3.55. The van der Waals surface area contributed by atoms with E-state index >= 15 is 0 Å². The molecule has 7 heteroatoms. The van der Waals surface area contributed by atoms with Crippen molar-refractivity contribution in [3.05, 3.63) is 0 Å². The van der Waals surface area contributed by atoms with Crippen LogP contribution in [0.2, 0.25) is 0 Å². The second kappa shape index (κ2) is 3.43. The van der Waals surface area contributed by atoms with Gasteiger partial charge in [-0.05, 0) is 12.3 Å². The highest BCUT2D eigenvalue weighted by Gasteiger charge is 2.75. The quantitative estimate of drug-likeness (QED) is 0.487. The van der Waals surface area contributed by atoms with Crippen LogP contribution in [-0.4, -0.2) is 44.8 Å². The van der Waals surface area contributed by atoms with E-state index < -0.39 is 47.2 Å². The van der Waals surface area contributed by atoms with Crippen molar-refractivity contribution in [1.82, 2.24) is 5.32 Å². The fourth-order valence-corrected chi connectivity index (χ4v) is 2.88. The number of carbonyl (C=O) groups is 3. The van der Waals surface area contributed by atoms with Crippen LogP contribution in [0.5, 0.6) is 0 Å². The Hall–Kier alpha value is -1.63. The largest absolute Gasteiger partial charge is 0.481 e. The molecule has 2 aliphatic rings. The zero-order valence-corrected chi connectivity index (χ0v) is 9.01. The Bertz CT molecular complexity index is 450. The summed E-state index contributed by atoms with van der Waals surface area (Å²) in [7, 11) is 0. The topological polar surface area (TPSA) is 124 Å². The van der Waals surface area contributed by atoms with Gasteiger partial charge >= 0.3 is 11.9 Å². The van der Waals surface area contributed by atoms with Gasteiger partial charge in [0.25, 0.3) is 0 Å². The molecule has 0 heterocycles. The molecule has 1 amide bonds. The third kappa shape index (κ3) is 1.42. The molecular formula is C10H13NO6. The van der Waals surface area contributed by atoms with E-state index in [1.54, 1.807) is 0 Å². The van der Waals surface area contributed by atoms with Crippen molar-refractivity contribution in [3.8, 4) is 0 Å². The number of carboxylic acids is 2. The average molecular weight is 244 g/mol. The molecule has 0 aromatic rings. The fourth-order valence-electron chi connectivity index (χ4n) is 2.88. The van der Waals surface area contributed by atoms with E-state index in [1.165, 1.54) is 0 Å². The van der Waals surface area contributed by atoms with Gasteiger partial charge in [0.05, 0.1) is 13.4 Å². The molecule has 2 saturated carbocycles. The van der Waals surface area contributed by atoms with Crippen molar-refractivity contribution in [2.45, 2.75) is 25.0 Å². The van der Waals surface area contributed by atoms with Gasteiger partial charge in [0.1, 0.15) is 0 Å². The number of amides is 1. The van der Waals surface area contributed by atoms with Gasteiger partial charge in [-0.1, -0.05) is 0 Å². The molecule has 0 aromatic heterocycles. The minimum absolute atomic E-state index is 0.277. The van der Waals surface area contributed by atoms with E-state index in [9.17, 15) is 24.6 Å². The molecule has 7 nitrogen and oxygen atoms in total. The van der Waals surface area contributed by atoms with Crippen LogP contribution in [0, 0.1) is 17.8 Å². The van der Waals surface area contributed by atoms with Crippen LogP contribution < -0.4 is 5.32 Å². The molecule has 17 heavy (non-hydrogen) atoms. The lowest BCUT2D eigenvalue weighted by atomic mass is 9.87. The number of hydrogen-bond acceptors (Lipinski definition) is 4. The highest BCUT2D eigenvalue weighted by atomic mass is 16.4. The number of aliphatic carboxylic acids is 2. The molecule has 2 rings (SSSR count). The Morgan fingerprint density at radius 2 is 2.00 bits per heavy atom. The van der Waals surface area contributed by atoms with E-state index in [2.05, 4.69) is 5.32 Å². The minimum Gasteiger partial charge on any atom is -0.481 e. The first-order valence-electron chi connectivity index (χ1n) is 5.62. The zero-order chi connectivity index (χ0) is 13.9. The van der Waals surface area contributed by atoms with Crippen LogP contribution in [0.3, 0.4) is 0 Å². The molecule has 0 aromatic carbocycles. The molecule has 5 atom stereocenters. The van der Waals surface area contributed by atoms with Gasteiger partial charge in [-0.15, -0.1) is 0 Å². The van der Waals surface area contributed by atoms with Crippen LogP contribution in [0.4, 0.5) is 0 Å². The SMILES string of the molecule is [2H][C@@]1(O)C[C@H]2[C@H](C(=O)O)[C@H]2[C@]1(NC(C)=O)C(=O)O. The highest BCUT2D eigenvalue weighted by molar-refractivity contribution is 5.90. The molecule has 0 spiro atoms. The third-order valence-electron chi connectivity index (χ3n) is 3.55. The molecule has 0 aliphatic heterocycles. The summed E-state index contributed by atoms with van der Waals surface area (Å²) >= 11 is 0. The van der Waals surface area contributed by atoms with E-state index in [0.29, 0.717) is 0 Å². The lowest BCUT2D eigenvalue weighted by Crippen LogP contribution is -2.62. The van der Waals surface area contributed by atoms with Crippen molar-refractivity contribution < 1.29 is 31.1 Å². The van der Waals surface area contributed by atoms with Gasteiger partial charge in [-0.25, -0.2) is 4.79 Å². The summed E-state index contributed by atoms with van der Waals surface area (Å²) in [4.78, 5) is 33.4. The highest BCUT2D eigenvalue weighted by Crippen LogP contribution is 2.62. The molecule has 0 saturated heterocycles. The van der Waals surface area contributed by atoms with Crippen molar-refractivity contribution >= 4 is 17.8 Å². The number of fused-ring (bicyclic) bond motifs is 1. The first-order chi connectivity index (χ1) is 8.15. The van der Waals surface area contributed by atoms with Gasteiger partial charge in [0, 0.05) is 12.8 Å². The van der Waals surface area contributed by atoms with E-state index in [1.807, 2.05) is 0 Å². The summed E-state index contributed by atoms with van der Waals surface area (Å²) in [6.45, 7) is 1.06. The van der Waals surface area contributed by atoms with E-state index in [0.717, 1.165) is 6.92 Å². The molecule has 0 unspecified atom stereocenters. The zero-order valence-electron chi connectivity index (χ0n) is 10.0. The average Bonchev–Trinajstić information content (AvgIpc) is 2.80. The van der Waals surface area contributed by atoms with Gasteiger partial charge in [-0.2, -0.15) is 0 Å². The van der Waals surface area contributed by atoms with Gasteiger partial charge < -0.3 is 20.6 Å². The van der Waals surface area contributed by atoms with Gasteiger partial charge in [0.2, 0.25) is 5.91 Å². The molecule has 2 aliphatic carbocycles. The Balaban J connectivity index is 2.44. The van der Waals surface area contributed by atoms with Crippen molar-refractivity contribution in [1.29, 1.82) is 0 Å².